The summed E-state index contributed by atoms with van der Waals surface area (Å²) in [5.41, 5.74) is 0. The van der Waals surface area contributed by atoms with Crippen LogP contribution >= 0.6 is 0 Å². The molecule has 0 saturated carbocycles. The molecule has 0 aliphatic carbocycles. The molecule has 0 aromatic heterocycles. The third-order valence-electron chi connectivity index (χ3n) is 0. The predicted octanol–water partition coefficient (Wildman–Crippen LogP) is -2.89. The van der Waals surface area contributed by atoms with Gasteiger partial charge in [-0.25, -0.2) is 0 Å². The normalized spacial score (nSPS) is 0. The monoisotopic (exact) mass is 285 g/mol. The van der Waals surface area contributed by atoms with Crippen LogP contribution in [0.4, 0.5) is 0 Å². The van der Waals surface area contributed by atoms with Crippen LogP contribution in [0.15, 0.2) is 0 Å². The van der Waals surface area contributed by atoms with E-state index >= 15 is 0 Å². The van der Waals surface area contributed by atoms with Crippen molar-refractivity contribution in [3.8, 4) is 0 Å². The van der Waals surface area contributed by atoms with Gasteiger partial charge >= 0.3 is 18.9 Å². The summed E-state index contributed by atoms with van der Waals surface area (Å²) in [5.74, 6) is 0. The van der Waals surface area contributed by atoms with E-state index in [-0.39, 0.29) is 104 Å². The molecule has 0 saturated heterocycles. The molecule has 0 aliphatic heterocycles. The van der Waals surface area contributed by atoms with Gasteiger partial charge in [-0.05, 0) is 0 Å². The van der Waals surface area contributed by atoms with Gasteiger partial charge in [0, 0.05) is 83.5 Å². The number of hydrogen-bond acceptors (Lipinski definition) is 0. The van der Waals surface area contributed by atoms with E-state index in [1.165, 1.54) is 0 Å². The summed E-state index contributed by atoms with van der Waals surface area (Å²) >= 11 is 0. The molecule has 0 aliphatic rings. The van der Waals surface area contributed by atoms with Gasteiger partial charge in [0.1, 0.15) is 0 Å². The summed E-state index contributed by atoms with van der Waals surface area (Å²) in [6, 6.07) is 0. The molecule has 0 aromatic rings. The van der Waals surface area contributed by atoms with Gasteiger partial charge < -0.3 is 1.43 Å². The van der Waals surface area contributed by atoms with Crippen LogP contribution < -0.4 is 18.9 Å². The van der Waals surface area contributed by atoms with Crippen LogP contribution in [-0.2, 0) is 47.9 Å². The first-order valence-electron chi connectivity index (χ1n) is 0. The zero-order chi connectivity index (χ0) is 0. The fraction of sp³-hybridized carbons (Fsp3) is 0. The Kier molecular flexibility index (Phi) is 106. The number of rotatable bonds is 0. The molecule has 4 heteroatoms. The van der Waals surface area contributed by atoms with Crippen LogP contribution in [0.25, 0.3) is 0 Å². The molecule has 4 heavy (non-hydrogen) atoms. The van der Waals surface area contributed by atoms with Crippen molar-refractivity contribution in [3.63, 3.8) is 0 Å². The maximum atomic E-state index is 0. The molecular weight excluding hydrogens is 285 g/mol. The Hall–Kier alpha value is 3.39. The minimum Gasteiger partial charge on any atom is -1.00 e. The van der Waals surface area contributed by atoms with Gasteiger partial charge in [0.05, 0.1) is 0 Å². The van der Waals surface area contributed by atoms with Crippen LogP contribution in [0.2, 0.25) is 0 Å². The Bertz CT molecular complexity index is 11.6. The maximum absolute atomic E-state index is 0. The molecule has 1 radical (unpaired) electrons. The van der Waals surface area contributed by atoms with E-state index < -0.39 is 0 Å². The summed E-state index contributed by atoms with van der Waals surface area (Å²) in [6.07, 6.45) is 0. The molecule has 0 atom stereocenters. The second-order valence-corrected chi connectivity index (χ2v) is 0. The Morgan fingerprint density at radius 2 is 1.25 bits per heavy atom. The first kappa shape index (κ1) is 26.3. The van der Waals surface area contributed by atoms with Crippen LogP contribution in [0.1, 0.15) is 1.43 Å². The molecule has 0 fully saturated rings. The van der Waals surface area contributed by atoms with Crippen molar-refractivity contribution >= 4 is 0 Å². The minimum absolute atomic E-state index is 0. The van der Waals surface area contributed by atoms with E-state index in [1.54, 1.807) is 0 Å². The molecule has 0 aromatic carbocycles. The summed E-state index contributed by atoms with van der Waals surface area (Å²) in [7, 11) is 0. The van der Waals surface area contributed by atoms with Crippen LogP contribution in [-0.4, -0.2) is 0 Å². The van der Waals surface area contributed by atoms with Crippen molar-refractivity contribution in [1.29, 1.82) is 0 Å². The fourth-order valence-corrected chi connectivity index (χ4v) is 0. The molecule has 0 amide bonds. The fourth-order valence-electron chi connectivity index (χ4n) is 0. The van der Waals surface area contributed by atoms with Crippen LogP contribution in [0.5, 0.6) is 0 Å². The molecule has 13 valence electrons. The molecule has 0 N–H and O–H groups in total. The third-order valence-corrected chi connectivity index (χ3v) is 0. The molecule has 0 unspecified atom stereocenters. The van der Waals surface area contributed by atoms with E-state index in [0.29, 0.717) is 0 Å². The Morgan fingerprint density at radius 3 is 1.25 bits per heavy atom. The third kappa shape index (κ3) is 9.04. The average Bonchev–Trinajstić information content (AvgIpc) is 0. The van der Waals surface area contributed by atoms with Gasteiger partial charge in [-0.15, -0.1) is 0 Å². The van der Waals surface area contributed by atoms with Gasteiger partial charge in [0.25, 0.3) is 0 Å². The zero-order valence-corrected chi connectivity index (χ0v) is 10.2. The van der Waals surface area contributed by atoms with Gasteiger partial charge in [-0.3, -0.25) is 0 Å². The van der Waals surface area contributed by atoms with E-state index in [9.17, 15) is 0 Å². The summed E-state index contributed by atoms with van der Waals surface area (Å²) in [6.45, 7) is 0. The zero-order valence-electron chi connectivity index (χ0n) is 3.58. The van der Waals surface area contributed by atoms with Crippen molar-refractivity contribution in [2.24, 2.45) is 0 Å². The SMILES string of the molecule is [H-].[La].[Li+].[Ti].[Zr]. The summed E-state index contributed by atoms with van der Waals surface area (Å²) in [5, 5.41) is 0. The first-order chi connectivity index (χ1) is 0. The molecule has 0 rings (SSSR count). The van der Waals surface area contributed by atoms with E-state index in [2.05, 4.69) is 0 Å². The number of hydrogen-bond donors (Lipinski definition) is 0. The molecule has 0 nitrogen and oxygen atoms in total. The molecule has 0 heterocycles. The first-order valence-corrected chi connectivity index (χ1v) is 0. The van der Waals surface area contributed by atoms with Gasteiger partial charge in [0.15, 0.2) is 0 Å². The topological polar surface area (TPSA) is 0 Å². The van der Waals surface area contributed by atoms with Gasteiger partial charge in [0.2, 0.25) is 0 Å². The van der Waals surface area contributed by atoms with Crippen molar-refractivity contribution in [3.05, 3.63) is 0 Å². The molecule has 0 bridgehead atoms. The molecule has 0 spiro atoms. The Morgan fingerprint density at radius 1 is 1.25 bits per heavy atom. The second kappa shape index (κ2) is 16.2. The van der Waals surface area contributed by atoms with Crippen LogP contribution in [0, 0.1) is 35.6 Å². The predicted molar refractivity (Wildman–Crippen MR) is 1.11 cm³/mol. The largest absolute Gasteiger partial charge is 1.00 e. The summed E-state index contributed by atoms with van der Waals surface area (Å²) in [4.78, 5) is 0. The molecular formula is HLaLiTiZr. The van der Waals surface area contributed by atoms with E-state index in [4.69, 9.17) is 0 Å². The van der Waals surface area contributed by atoms with Crippen molar-refractivity contribution in [1.82, 2.24) is 0 Å². The average molecular weight is 286 g/mol. The Labute approximate surface area is 102 Å². The smallest absolute Gasteiger partial charge is 1.00 e. The maximum Gasteiger partial charge on any atom is 1.00 e. The van der Waals surface area contributed by atoms with Crippen molar-refractivity contribution in [2.75, 3.05) is 0 Å². The van der Waals surface area contributed by atoms with E-state index in [1.807, 2.05) is 0 Å². The van der Waals surface area contributed by atoms with Gasteiger partial charge in [-0.1, -0.05) is 0 Å². The van der Waals surface area contributed by atoms with Crippen molar-refractivity contribution < 1.29 is 104 Å². The second-order valence-electron chi connectivity index (χ2n) is 0. The summed E-state index contributed by atoms with van der Waals surface area (Å²) < 4.78 is 0. The van der Waals surface area contributed by atoms with Crippen molar-refractivity contribution in [2.45, 2.75) is 0 Å². The van der Waals surface area contributed by atoms with Crippen LogP contribution in [0.3, 0.4) is 0 Å². The van der Waals surface area contributed by atoms with E-state index in [0.717, 1.165) is 0 Å². The minimum atomic E-state index is 0. The van der Waals surface area contributed by atoms with Gasteiger partial charge in [-0.2, -0.15) is 0 Å². The Balaban J connectivity index is 0. The standard InChI is InChI=1S/La.Li.Ti.Zr.H/q;+1;;;-1. The quantitative estimate of drug-likeness (QED) is 0.420.